The minimum absolute atomic E-state index is 0.350. The number of ether oxygens (including phenoxy) is 1. The van der Waals surface area contributed by atoms with Crippen LogP contribution in [0, 0.1) is 0 Å². The maximum absolute atomic E-state index is 11.8. The first-order chi connectivity index (χ1) is 8.33. The number of hydrogen-bond donors (Lipinski definition) is 0. The van der Waals surface area contributed by atoms with Crippen LogP contribution in [0.1, 0.15) is 17.3 Å². The fourth-order valence-electron chi connectivity index (χ4n) is 1.50. The number of hydrogen-bond acceptors (Lipinski definition) is 4. The number of benzene rings is 1. The third-order valence-electron chi connectivity index (χ3n) is 2.23. The van der Waals surface area contributed by atoms with Crippen molar-refractivity contribution in [2.24, 2.45) is 0 Å². The van der Waals surface area contributed by atoms with E-state index in [1.807, 2.05) is 12.1 Å². The normalized spacial score (nSPS) is 9.94. The summed E-state index contributed by atoms with van der Waals surface area (Å²) >= 11 is 0. The second-order valence-electron chi connectivity index (χ2n) is 3.34. The van der Waals surface area contributed by atoms with E-state index in [1.165, 1.54) is 0 Å². The van der Waals surface area contributed by atoms with Crippen molar-refractivity contribution in [1.29, 1.82) is 0 Å². The number of esters is 1. The van der Waals surface area contributed by atoms with Crippen LogP contribution in [0.2, 0.25) is 0 Å². The molecule has 0 atom stereocenters. The van der Waals surface area contributed by atoms with Crippen molar-refractivity contribution in [3.8, 4) is 11.4 Å². The van der Waals surface area contributed by atoms with Crippen molar-refractivity contribution in [1.82, 2.24) is 9.97 Å². The van der Waals surface area contributed by atoms with Gasteiger partial charge in [0.05, 0.1) is 12.2 Å². The maximum Gasteiger partial charge on any atom is 0.338 e. The van der Waals surface area contributed by atoms with Crippen LogP contribution in [-0.4, -0.2) is 22.5 Å². The molecular formula is C13H12N2O2. The molecule has 4 heteroatoms. The van der Waals surface area contributed by atoms with Gasteiger partial charge in [-0.15, -0.1) is 0 Å². The third kappa shape index (κ3) is 2.47. The van der Waals surface area contributed by atoms with E-state index in [9.17, 15) is 4.79 Å². The summed E-state index contributed by atoms with van der Waals surface area (Å²) in [5.41, 5.74) is 1.17. The lowest BCUT2D eigenvalue weighted by Crippen LogP contribution is -2.07. The highest BCUT2D eigenvalue weighted by molar-refractivity contribution is 5.96. The van der Waals surface area contributed by atoms with E-state index >= 15 is 0 Å². The van der Waals surface area contributed by atoms with Gasteiger partial charge in [0, 0.05) is 18.0 Å². The van der Waals surface area contributed by atoms with E-state index in [-0.39, 0.29) is 5.97 Å². The van der Waals surface area contributed by atoms with E-state index in [0.717, 1.165) is 0 Å². The summed E-state index contributed by atoms with van der Waals surface area (Å²) in [7, 11) is 0. The number of rotatable bonds is 3. The van der Waals surface area contributed by atoms with Crippen molar-refractivity contribution in [2.45, 2.75) is 6.92 Å². The summed E-state index contributed by atoms with van der Waals surface area (Å²) in [6.07, 6.45) is 3.29. The predicted molar refractivity (Wildman–Crippen MR) is 63.4 cm³/mol. The summed E-state index contributed by atoms with van der Waals surface area (Å²) in [6.45, 7) is 2.13. The Kier molecular flexibility index (Phi) is 3.45. The molecule has 0 aliphatic carbocycles. The fourth-order valence-corrected chi connectivity index (χ4v) is 1.50. The zero-order valence-electron chi connectivity index (χ0n) is 9.46. The molecule has 0 amide bonds. The van der Waals surface area contributed by atoms with Gasteiger partial charge in [0.1, 0.15) is 0 Å². The highest BCUT2D eigenvalue weighted by atomic mass is 16.5. The number of carbonyl (C=O) groups excluding carboxylic acids is 1. The number of nitrogens with zero attached hydrogens (tertiary/aromatic N) is 2. The number of aromatic nitrogens is 2. The first-order valence-electron chi connectivity index (χ1n) is 5.36. The Morgan fingerprint density at radius 3 is 2.59 bits per heavy atom. The van der Waals surface area contributed by atoms with Gasteiger partial charge in [0.2, 0.25) is 0 Å². The molecule has 2 aromatic rings. The molecule has 17 heavy (non-hydrogen) atoms. The van der Waals surface area contributed by atoms with E-state index in [4.69, 9.17) is 4.74 Å². The molecule has 0 fully saturated rings. The maximum atomic E-state index is 11.8. The highest BCUT2D eigenvalue weighted by Crippen LogP contribution is 2.20. The summed E-state index contributed by atoms with van der Waals surface area (Å²) in [4.78, 5) is 20.0. The predicted octanol–water partition coefficient (Wildman–Crippen LogP) is 2.32. The Morgan fingerprint density at radius 2 is 1.88 bits per heavy atom. The molecule has 0 spiro atoms. The van der Waals surface area contributed by atoms with Gasteiger partial charge >= 0.3 is 5.97 Å². The second kappa shape index (κ2) is 5.21. The zero-order valence-corrected chi connectivity index (χ0v) is 9.46. The van der Waals surface area contributed by atoms with Gasteiger partial charge in [-0.2, -0.15) is 0 Å². The average Bonchev–Trinajstić information content (AvgIpc) is 2.40. The monoisotopic (exact) mass is 228 g/mol. The minimum atomic E-state index is -0.351. The molecule has 2 rings (SSSR count). The Morgan fingerprint density at radius 1 is 1.18 bits per heavy atom. The average molecular weight is 228 g/mol. The fraction of sp³-hybridized carbons (Fsp3) is 0.154. The second-order valence-corrected chi connectivity index (χ2v) is 3.34. The molecule has 4 nitrogen and oxygen atoms in total. The summed E-state index contributed by atoms with van der Waals surface area (Å²) in [5, 5.41) is 0. The Balaban J connectivity index is 2.45. The quantitative estimate of drug-likeness (QED) is 0.756. The number of carbonyl (C=O) groups is 1. The third-order valence-corrected chi connectivity index (χ3v) is 2.23. The van der Waals surface area contributed by atoms with Crippen molar-refractivity contribution in [3.63, 3.8) is 0 Å². The van der Waals surface area contributed by atoms with Crippen LogP contribution < -0.4 is 0 Å². The first-order valence-corrected chi connectivity index (χ1v) is 5.36. The molecule has 0 bridgehead atoms. The lowest BCUT2D eigenvalue weighted by atomic mass is 10.1. The van der Waals surface area contributed by atoms with E-state index in [1.54, 1.807) is 37.5 Å². The van der Waals surface area contributed by atoms with Crippen molar-refractivity contribution in [3.05, 3.63) is 48.3 Å². The topological polar surface area (TPSA) is 52.1 Å². The standard InChI is InChI=1S/C13H12N2O2/c1-2-17-13(16)11-7-4-3-6-10(11)12-14-8-5-9-15-12/h3-9H,2H2,1H3. The van der Waals surface area contributed by atoms with Crippen LogP contribution in [-0.2, 0) is 4.74 Å². The van der Waals surface area contributed by atoms with E-state index in [0.29, 0.717) is 23.6 Å². The van der Waals surface area contributed by atoms with Crippen molar-refractivity contribution in [2.75, 3.05) is 6.61 Å². The Labute approximate surface area is 99.3 Å². The molecule has 1 aromatic carbocycles. The van der Waals surface area contributed by atoms with Crippen LogP contribution in [0.25, 0.3) is 11.4 Å². The highest BCUT2D eigenvalue weighted by Gasteiger charge is 2.14. The van der Waals surface area contributed by atoms with E-state index in [2.05, 4.69) is 9.97 Å². The van der Waals surface area contributed by atoms with Crippen molar-refractivity contribution < 1.29 is 9.53 Å². The smallest absolute Gasteiger partial charge is 0.338 e. The molecule has 0 aliphatic rings. The summed E-state index contributed by atoms with van der Waals surface area (Å²) < 4.78 is 5.00. The van der Waals surface area contributed by atoms with Crippen LogP contribution in [0.5, 0.6) is 0 Å². The Bertz CT molecular complexity index is 512. The van der Waals surface area contributed by atoms with E-state index < -0.39 is 0 Å². The summed E-state index contributed by atoms with van der Waals surface area (Å²) in [6, 6.07) is 8.88. The van der Waals surface area contributed by atoms with Crippen LogP contribution >= 0.6 is 0 Å². The molecule has 1 heterocycles. The molecule has 86 valence electrons. The summed E-state index contributed by atoms with van der Waals surface area (Å²) in [5.74, 6) is 0.173. The molecule has 0 unspecified atom stereocenters. The van der Waals surface area contributed by atoms with Crippen LogP contribution in [0.4, 0.5) is 0 Å². The SMILES string of the molecule is CCOC(=O)c1ccccc1-c1ncccn1. The first kappa shape index (κ1) is 11.3. The van der Waals surface area contributed by atoms with Gasteiger partial charge in [0.25, 0.3) is 0 Å². The molecule has 0 saturated carbocycles. The molecule has 0 radical (unpaired) electrons. The molecule has 0 saturated heterocycles. The zero-order chi connectivity index (χ0) is 12.1. The van der Waals surface area contributed by atoms with Gasteiger partial charge in [-0.1, -0.05) is 18.2 Å². The molecule has 0 N–H and O–H groups in total. The van der Waals surface area contributed by atoms with Gasteiger partial charge in [-0.25, -0.2) is 14.8 Å². The molecular weight excluding hydrogens is 216 g/mol. The Hall–Kier alpha value is -2.23. The lowest BCUT2D eigenvalue weighted by molar-refractivity contribution is 0.0527. The van der Waals surface area contributed by atoms with Gasteiger partial charge in [-0.3, -0.25) is 0 Å². The minimum Gasteiger partial charge on any atom is -0.462 e. The van der Waals surface area contributed by atoms with Crippen molar-refractivity contribution >= 4 is 5.97 Å². The lowest BCUT2D eigenvalue weighted by Gasteiger charge is -2.06. The van der Waals surface area contributed by atoms with Crippen LogP contribution in [0.15, 0.2) is 42.7 Å². The van der Waals surface area contributed by atoms with Gasteiger partial charge in [-0.05, 0) is 19.1 Å². The molecule has 1 aromatic heterocycles. The van der Waals surface area contributed by atoms with Gasteiger partial charge in [0.15, 0.2) is 5.82 Å². The van der Waals surface area contributed by atoms with Gasteiger partial charge < -0.3 is 4.74 Å². The molecule has 0 aliphatic heterocycles. The largest absolute Gasteiger partial charge is 0.462 e. The van der Waals surface area contributed by atoms with Crippen LogP contribution in [0.3, 0.4) is 0 Å².